The molecule has 0 aliphatic carbocycles. The predicted molar refractivity (Wildman–Crippen MR) is 46.1 cm³/mol. The molecule has 0 unspecified atom stereocenters. The van der Waals surface area contributed by atoms with E-state index in [0.29, 0.717) is 6.20 Å². The van der Waals surface area contributed by atoms with Crippen LogP contribution in [0.3, 0.4) is 0 Å². The van der Waals surface area contributed by atoms with Gasteiger partial charge in [0.15, 0.2) is 0 Å². The van der Waals surface area contributed by atoms with Crippen LogP contribution in [0, 0.1) is 10.1 Å². The molecular weight excluding hydrogens is 247 g/mol. The van der Waals surface area contributed by atoms with E-state index in [0.717, 1.165) is 0 Å². The number of ether oxygens (including phenoxy) is 1. The number of aromatic nitrogens is 1. The zero-order valence-corrected chi connectivity index (χ0v) is 7.89. The van der Waals surface area contributed by atoms with Crippen LogP contribution in [0.25, 0.3) is 0 Å². The molecule has 0 spiro atoms. The molecule has 92 valence electrons. The standard InChI is InChI=1S/C7H4F3N3O4/c8-7(9,10)4-1-3(13(15)16)2-12-5(4)17-6(11)14/h1-2H,(H2,11,14). The highest BCUT2D eigenvalue weighted by molar-refractivity contribution is 5.68. The summed E-state index contributed by atoms with van der Waals surface area (Å²) in [6.45, 7) is 0. The van der Waals surface area contributed by atoms with Crippen LogP contribution in [0.4, 0.5) is 23.7 Å². The van der Waals surface area contributed by atoms with E-state index >= 15 is 0 Å². The lowest BCUT2D eigenvalue weighted by atomic mass is 10.2. The van der Waals surface area contributed by atoms with Crippen LogP contribution in [-0.4, -0.2) is 16.0 Å². The Bertz CT molecular complexity index is 474. The Balaban J connectivity index is 3.31. The first-order valence-electron chi connectivity index (χ1n) is 3.90. The molecule has 1 aromatic heterocycles. The third-order valence-electron chi connectivity index (χ3n) is 1.55. The van der Waals surface area contributed by atoms with Crippen molar-refractivity contribution in [2.45, 2.75) is 6.18 Å². The van der Waals surface area contributed by atoms with Crippen LogP contribution < -0.4 is 10.5 Å². The van der Waals surface area contributed by atoms with Crippen LogP contribution in [0.2, 0.25) is 0 Å². The predicted octanol–water partition coefficient (Wildman–Crippen LogP) is 1.47. The fraction of sp³-hybridized carbons (Fsp3) is 0.143. The number of nitrogens with zero attached hydrogens (tertiary/aromatic N) is 2. The van der Waals surface area contributed by atoms with Gasteiger partial charge in [0, 0.05) is 6.07 Å². The fourth-order valence-corrected chi connectivity index (χ4v) is 0.921. The smallest absolute Gasteiger partial charge is 0.391 e. The quantitative estimate of drug-likeness (QED) is 0.632. The summed E-state index contributed by atoms with van der Waals surface area (Å²) in [5, 5.41) is 10.3. The zero-order valence-electron chi connectivity index (χ0n) is 7.89. The number of nitro groups is 1. The summed E-state index contributed by atoms with van der Waals surface area (Å²) in [7, 11) is 0. The molecule has 1 heterocycles. The molecule has 2 N–H and O–H groups in total. The van der Waals surface area contributed by atoms with Gasteiger partial charge in [0.1, 0.15) is 11.8 Å². The molecule has 0 saturated heterocycles. The average molecular weight is 251 g/mol. The van der Waals surface area contributed by atoms with Gasteiger partial charge in [-0.3, -0.25) is 10.1 Å². The number of amides is 1. The van der Waals surface area contributed by atoms with Gasteiger partial charge < -0.3 is 10.5 Å². The lowest BCUT2D eigenvalue weighted by Gasteiger charge is -2.09. The first-order chi connectivity index (χ1) is 7.71. The summed E-state index contributed by atoms with van der Waals surface area (Å²) < 4.78 is 41.3. The van der Waals surface area contributed by atoms with Gasteiger partial charge >= 0.3 is 12.3 Å². The second kappa shape index (κ2) is 4.23. The van der Waals surface area contributed by atoms with E-state index in [4.69, 9.17) is 0 Å². The maximum atomic E-state index is 12.4. The summed E-state index contributed by atoms with van der Waals surface area (Å²) >= 11 is 0. The van der Waals surface area contributed by atoms with E-state index in [9.17, 15) is 28.1 Å². The second-order valence-electron chi connectivity index (χ2n) is 2.72. The molecule has 1 amide bonds. The number of carbonyl (C=O) groups excluding carboxylic acids is 1. The lowest BCUT2D eigenvalue weighted by Crippen LogP contribution is -2.20. The van der Waals surface area contributed by atoms with Crippen molar-refractivity contribution in [2.75, 3.05) is 0 Å². The first kappa shape index (κ1) is 12.7. The third-order valence-corrected chi connectivity index (χ3v) is 1.55. The Morgan fingerprint density at radius 2 is 2.12 bits per heavy atom. The number of carbonyl (C=O) groups is 1. The molecule has 0 saturated carbocycles. The molecule has 0 fully saturated rings. The summed E-state index contributed by atoms with van der Waals surface area (Å²) in [6.07, 6.45) is -5.94. The number of hydrogen-bond acceptors (Lipinski definition) is 5. The SMILES string of the molecule is NC(=O)Oc1ncc([N+](=O)[O-])cc1C(F)(F)F. The van der Waals surface area contributed by atoms with Gasteiger partial charge in [-0.2, -0.15) is 13.2 Å². The Kier molecular flexibility index (Phi) is 3.16. The lowest BCUT2D eigenvalue weighted by molar-refractivity contribution is -0.385. The summed E-state index contributed by atoms with van der Waals surface area (Å²) in [4.78, 5) is 22.6. The van der Waals surface area contributed by atoms with E-state index in [1.165, 1.54) is 0 Å². The summed E-state index contributed by atoms with van der Waals surface area (Å²) in [5.41, 5.74) is 2.10. The Labute approximate surface area is 91.1 Å². The van der Waals surface area contributed by atoms with Gasteiger partial charge in [0.05, 0.1) is 4.92 Å². The fourth-order valence-electron chi connectivity index (χ4n) is 0.921. The minimum absolute atomic E-state index is 0.200. The van der Waals surface area contributed by atoms with E-state index in [2.05, 4.69) is 15.5 Å². The number of halogens is 3. The molecule has 10 heteroatoms. The molecule has 0 aliphatic rings. The van der Waals surface area contributed by atoms with Gasteiger partial charge in [-0.15, -0.1) is 0 Å². The molecule has 0 aliphatic heterocycles. The molecule has 7 nitrogen and oxygen atoms in total. The van der Waals surface area contributed by atoms with Crippen LogP contribution in [0.15, 0.2) is 12.3 Å². The third kappa shape index (κ3) is 3.03. The first-order valence-corrected chi connectivity index (χ1v) is 3.90. The second-order valence-corrected chi connectivity index (χ2v) is 2.72. The van der Waals surface area contributed by atoms with Crippen molar-refractivity contribution in [1.29, 1.82) is 0 Å². The molecular formula is C7H4F3N3O4. The van der Waals surface area contributed by atoms with Crippen molar-refractivity contribution in [3.8, 4) is 5.88 Å². The molecule has 0 aromatic carbocycles. The largest absolute Gasteiger partial charge is 0.421 e. The van der Waals surface area contributed by atoms with Crippen LogP contribution in [0.1, 0.15) is 5.56 Å². The molecule has 0 bridgehead atoms. The van der Waals surface area contributed by atoms with E-state index in [-0.39, 0.29) is 6.07 Å². The highest BCUT2D eigenvalue weighted by Gasteiger charge is 2.37. The van der Waals surface area contributed by atoms with E-state index in [1.54, 1.807) is 0 Å². The molecule has 1 aromatic rings. The van der Waals surface area contributed by atoms with Gasteiger partial charge in [-0.05, 0) is 0 Å². The van der Waals surface area contributed by atoms with Crippen molar-refractivity contribution in [1.82, 2.24) is 4.98 Å². The van der Waals surface area contributed by atoms with Crippen LogP contribution >= 0.6 is 0 Å². The normalized spacial score (nSPS) is 11.0. The van der Waals surface area contributed by atoms with Crippen molar-refractivity contribution >= 4 is 11.8 Å². The van der Waals surface area contributed by atoms with E-state index in [1.807, 2.05) is 0 Å². The highest BCUT2D eigenvalue weighted by Crippen LogP contribution is 2.36. The van der Waals surface area contributed by atoms with Crippen molar-refractivity contribution < 1.29 is 27.6 Å². The number of hydrogen-bond donors (Lipinski definition) is 1. The Morgan fingerprint density at radius 1 is 1.53 bits per heavy atom. The van der Waals surface area contributed by atoms with Crippen LogP contribution in [-0.2, 0) is 6.18 Å². The average Bonchev–Trinajstić information content (AvgIpc) is 2.15. The van der Waals surface area contributed by atoms with Gasteiger partial charge in [0.25, 0.3) is 5.69 Å². The maximum absolute atomic E-state index is 12.4. The number of alkyl halides is 3. The number of rotatable bonds is 2. The number of primary amides is 1. The molecule has 17 heavy (non-hydrogen) atoms. The molecule has 0 radical (unpaired) electrons. The molecule has 1 rings (SSSR count). The van der Waals surface area contributed by atoms with Gasteiger partial charge in [-0.25, -0.2) is 9.78 Å². The van der Waals surface area contributed by atoms with Crippen molar-refractivity contribution in [2.24, 2.45) is 5.73 Å². The van der Waals surface area contributed by atoms with Crippen molar-refractivity contribution in [3.05, 3.63) is 27.9 Å². The van der Waals surface area contributed by atoms with Crippen LogP contribution in [0.5, 0.6) is 5.88 Å². The molecule has 0 atom stereocenters. The Hall–Kier alpha value is -2.39. The number of pyridine rings is 1. The zero-order chi connectivity index (χ0) is 13.2. The monoisotopic (exact) mass is 251 g/mol. The van der Waals surface area contributed by atoms with Gasteiger partial charge in [-0.1, -0.05) is 0 Å². The highest BCUT2D eigenvalue weighted by atomic mass is 19.4. The summed E-state index contributed by atoms with van der Waals surface area (Å²) in [6, 6.07) is 0.200. The van der Waals surface area contributed by atoms with E-state index < -0.39 is 34.3 Å². The maximum Gasteiger partial charge on any atom is 0.421 e. The number of nitrogens with two attached hydrogens (primary N) is 1. The minimum atomic E-state index is -4.95. The van der Waals surface area contributed by atoms with Crippen molar-refractivity contribution in [3.63, 3.8) is 0 Å². The topological polar surface area (TPSA) is 108 Å². The summed E-state index contributed by atoms with van der Waals surface area (Å²) in [5.74, 6) is -1.13. The van der Waals surface area contributed by atoms with Gasteiger partial charge in [0.2, 0.25) is 5.88 Å². The Morgan fingerprint density at radius 3 is 2.53 bits per heavy atom. The minimum Gasteiger partial charge on any atom is -0.391 e.